The van der Waals surface area contributed by atoms with E-state index in [-0.39, 0.29) is 11.7 Å². The fourth-order valence-electron chi connectivity index (χ4n) is 1.39. The molecule has 1 aliphatic rings. The highest BCUT2D eigenvalue weighted by molar-refractivity contribution is 6.34. The Morgan fingerprint density at radius 3 is 2.77 bits per heavy atom. The van der Waals surface area contributed by atoms with Crippen molar-refractivity contribution in [1.29, 1.82) is 0 Å². The lowest BCUT2D eigenvalue weighted by Gasteiger charge is -2.02. The fraction of sp³-hybridized carbons (Fsp3) is 0.364. The molecule has 1 nitrogen and oxygen atoms in total. The van der Waals surface area contributed by atoms with Crippen molar-refractivity contribution in [1.82, 2.24) is 0 Å². The molecule has 0 amide bonds. The predicted molar refractivity (Wildman–Crippen MR) is 53.2 cm³/mol. The smallest absolute Gasteiger partial charge is 0.167 e. The number of aryl methyl sites for hydroxylation is 1. The van der Waals surface area contributed by atoms with Gasteiger partial charge in [0.15, 0.2) is 5.78 Å². The van der Waals surface area contributed by atoms with Crippen LogP contribution in [0, 0.1) is 12.8 Å². The van der Waals surface area contributed by atoms with Crippen LogP contribution in [0.15, 0.2) is 18.2 Å². The fourth-order valence-corrected chi connectivity index (χ4v) is 1.60. The van der Waals surface area contributed by atoms with E-state index in [1.165, 1.54) is 0 Å². The molecule has 1 aromatic carbocycles. The number of halogens is 1. The maximum absolute atomic E-state index is 11.7. The Kier molecular flexibility index (Phi) is 2.12. The highest BCUT2D eigenvalue weighted by Crippen LogP contribution is 2.34. The average Bonchev–Trinajstić information content (AvgIpc) is 2.91. The summed E-state index contributed by atoms with van der Waals surface area (Å²) in [5.74, 6) is 0.466. The van der Waals surface area contributed by atoms with Crippen molar-refractivity contribution in [3.63, 3.8) is 0 Å². The lowest BCUT2D eigenvalue weighted by atomic mass is 10.1. The Bertz CT molecular complexity index is 353. The molecule has 68 valence electrons. The largest absolute Gasteiger partial charge is 0.294 e. The van der Waals surface area contributed by atoms with Crippen LogP contribution in [0.25, 0.3) is 0 Å². The molecular formula is C11H11ClO. The third kappa shape index (κ3) is 1.75. The molecule has 13 heavy (non-hydrogen) atoms. The summed E-state index contributed by atoms with van der Waals surface area (Å²) in [5, 5.41) is 0.586. The van der Waals surface area contributed by atoms with Crippen LogP contribution >= 0.6 is 11.6 Å². The van der Waals surface area contributed by atoms with Crippen LogP contribution in [0.2, 0.25) is 5.02 Å². The number of rotatable bonds is 2. The van der Waals surface area contributed by atoms with Gasteiger partial charge in [-0.2, -0.15) is 0 Å². The molecule has 2 rings (SSSR count). The van der Waals surface area contributed by atoms with Gasteiger partial charge in [-0.25, -0.2) is 0 Å². The first-order chi connectivity index (χ1) is 6.18. The highest BCUT2D eigenvalue weighted by Gasteiger charge is 2.31. The van der Waals surface area contributed by atoms with Crippen molar-refractivity contribution >= 4 is 17.4 Å². The zero-order valence-electron chi connectivity index (χ0n) is 7.51. The third-order valence-corrected chi connectivity index (χ3v) is 2.67. The van der Waals surface area contributed by atoms with Gasteiger partial charge in [0.1, 0.15) is 0 Å². The lowest BCUT2D eigenvalue weighted by Crippen LogP contribution is -2.02. The molecule has 0 bridgehead atoms. The van der Waals surface area contributed by atoms with Crippen molar-refractivity contribution < 1.29 is 4.79 Å². The zero-order valence-corrected chi connectivity index (χ0v) is 8.27. The second-order valence-corrected chi connectivity index (χ2v) is 4.03. The second kappa shape index (κ2) is 3.15. The minimum atomic E-state index is 0.216. The van der Waals surface area contributed by atoms with Crippen LogP contribution in [0.1, 0.15) is 28.8 Å². The summed E-state index contributed by atoms with van der Waals surface area (Å²) in [7, 11) is 0. The summed E-state index contributed by atoms with van der Waals surface area (Å²) in [4.78, 5) is 11.7. The Hall–Kier alpha value is -0.820. The summed E-state index contributed by atoms with van der Waals surface area (Å²) in [6.07, 6.45) is 2.06. The zero-order chi connectivity index (χ0) is 9.42. The second-order valence-electron chi connectivity index (χ2n) is 3.62. The monoisotopic (exact) mass is 194 g/mol. The minimum absolute atomic E-state index is 0.216. The number of carbonyl (C=O) groups is 1. The molecule has 0 radical (unpaired) electrons. The van der Waals surface area contributed by atoms with Crippen molar-refractivity contribution in [2.75, 3.05) is 0 Å². The van der Waals surface area contributed by atoms with E-state index in [1.54, 1.807) is 6.07 Å². The Morgan fingerprint density at radius 1 is 1.46 bits per heavy atom. The summed E-state index contributed by atoms with van der Waals surface area (Å²) in [5.41, 5.74) is 1.79. The first-order valence-corrected chi connectivity index (χ1v) is 4.86. The van der Waals surface area contributed by atoms with Gasteiger partial charge in [0, 0.05) is 11.5 Å². The van der Waals surface area contributed by atoms with E-state index < -0.39 is 0 Å². The summed E-state index contributed by atoms with van der Waals surface area (Å²) in [6, 6.07) is 5.60. The Morgan fingerprint density at radius 2 is 2.15 bits per heavy atom. The van der Waals surface area contributed by atoms with Gasteiger partial charge in [-0.1, -0.05) is 23.2 Å². The molecule has 1 saturated carbocycles. The Labute approximate surface area is 82.7 Å². The quantitative estimate of drug-likeness (QED) is 0.661. The molecule has 0 atom stereocenters. The average molecular weight is 195 g/mol. The first kappa shape index (κ1) is 8.76. The number of benzene rings is 1. The lowest BCUT2D eigenvalue weighted by molar-refractivity contribution is 0.0967. The SMILES string of the molecule is Cc1ccc(Cl)c(C(=O)C2CC2)c1. The molecule has 0 spiro atoms. The van der Waals surface area contributed by atoms with Gasteiger partial charge in [0.05, 0.1) is 5.02 Å². The standard InChI is InChI=1S/C11H11ClO/c1-7-2-5-10(12)9(6-7)11(13)8-3-4-8/h2,5-6,8H,3-4H2,1H3. The molecule has 0 saturated heterocycles. The molecule has 0 N–H and O–H groups in total. The summed E-state index contributed by atoms with van der Waals surface area (Å²) >= 11 is 5.94. The molecule has 0 aliphatic heterocycles. The van der Waals surface area contributed by atoms with Gasteiger partial charge in [0.25, 0.3) is 0 Å². The number of hydrogen-bond donors (Lipinski definition) is 0. The molecule has 0 unspecified atom stereocenters. The molecule has 0 heterocycles. The van der Waals surface area contributed by atoms with E-state index >= 15 is 0 Å². The van der Waals surface area contributed by atoms with E-state index in [9.17, 15) is 4.79 Å². The molecule has 1 aromatic rings. The number of hydrogen-bond acceptors (Lipinski definition) is 1. The van der Waals surface area contributed by atoms with Crippen molar-refractivity contribution in [2.24, 2.45) is 5.92 Å². The molecule has 2 heteroatoms. The maximum atomic E-state index is 11.7. The van der Waals surface area contributed by atoms with Gasteiger partial charge in [-0.15, -0.1) is 0 Å². The van der Waals surface area contributed by atoms with Gasteiger partial charge in [0.2, 0.25) is 0 Å². The molecule has 1 fully saturated rings. The minimum Gasteiger partial charge on any atom is -0.294 e. The third-order valence-electron chi connectivity index (χ3n) is 2.34. The first-order valence-electron chi connectivity index (χ1n) is 4.49. The predicted octanol–water partition coefficient (Wildman–Crippen LogP) is 3.24. The van der Waals surface area contributed by atoms with Gasteiger partial charge >= 0.3 is 0 Å². The van der Waals surface area contributed by atoms with Gasteiger partial charge in [-0.3, -0.25) is 4.79 Å². The topological polar surface area (TPSA) is 17.1 Å². The van der Waals surface area contributed by atoms with Crippen LogP contribution in [0.4, 0.5) is 0 Å². The van der Waals surface area contributed by atoms with E-state index in [0.29, 0.717) is 10.6 Å². The number of Topliss-reactive ketones (excluding diaryl/α,β-unsaturated/α-hetero) is 1. The van der Waals surface area contributed by atoms with E-state index in [1.807, 2.05) is 19.1 Å². The molecular weight excluding hydrogens is 184 g/mol. The number of ketones is 1. The summed E-state index contributed by atoms with van der Waals surface area (Å²) in [6.45, 7) is 1.97. The molecule has 1 aliphatic carbocycles. The van der Waals surface area contributed by atoms with Crippen LogP contribution in [0.5, 0.6) is 0 Å². The van der Waals surface area contributed by atoms with E-state index in [0.717, 1.165) is 18.4 Å². The van der Waals surface area contributed by atoms with Gasteiger partial charge < -0.3 is 0 Å². The number of carbonyl (C=O) groups excluding carboxylic acids is 1. The Balaban J connectivity index is 2.37. The highest BCUT2D eigenvalue weighted by atomic mass is 35.5. The van der Waals surface area contributed by atoms with Crippen molar-refractivity contribution in [3.05, 3.63) is 34.3 Å². The van der Waals surface area contributed by atoms with E-state index in [2.05, 4.69) is 0 Å². The molecule has 0 aromatic heterocycles. The van der Waals surface area contributed by atoms with Crippen LogP contribution in [-0.2, 0) is 0 Å². The maximum Gasteiger partial charge on any atom is 0.167 e. The van der Waals surface area contributed by atoms with Crippen LogP contribution in [0.3, 0.4) is 0 Å². The van der Waals surface area contributed by atoms with Crippen LogP contribution in [-0.4, -0.2) is 5.78 Å². The van der Waals surface area contributed by atoms with E-state index in [4.69, 9.17) is 11.6 Å². The van der Waals surface area contributed by atoms with Crippen molar-refractivity contribution in [2.45, 2.75) is 19.8 Å². The van der Waals surface area contributed by atoms with Crippen LogP contribution < -0.4 is 0 Å². The van der Waals surface area contributed by atoms with Gasteiger partial charge in [-0.05, 0) is 31.9 Å². The normalized spacial score (nSPS) is 15.8. The van der Waals surface area contributed by atoms with Crippen molar-refractivity contribution in [3.8, 4) is 0 Å². The summed E-state index contributed by atoms with van der Waals surface area (Å²) < 4.78 is 0.